The highest BCUT2D eigenvalue weighted by Gasteiger charge is 2.37. The molecule has 0 aliphatic carbocycles. The fourth-order valence-corrected chi connectivity index (χ4v) is 2.14. The van der Waals surface area contributed by atoms with Crippen LogP contribution in [0.5, 0.6) is 0 Å². The second kappa shape index (κ2) is 4.99. The summed E-state index contributed by atoms with van der Waals surface area (Å²) in [5.74, 6) is 0.391. The highest BCUT2D eigenvalue weighted by Crippen LogP contribution is 2.31. The molecule has 1 saturated heterocycles. The van der Waals surface area contributed by atoms with Gasteiger partial charge in [0.25, 0.3) is 0 Å². The first kappa shape index (κ1) is 12.9. The van der Waals surface area contributed by atoms with E-state index in [4.69, 9.17) is 5.41 Å². The summed E-state index contributed by atoms with van der Waals surface area (Å²) in [4.78, 5) is 0. The van der Waals surface area contributed by atoms with E-state index in [2.05, 4.69) is 15.0 Å². The van der Waals surface area contributed by atoms with Crippen LogP contribution in [0.3, 0.4) is 0 Å². The number of nitrogens with one attached hydrogen (secondary N) is 2. The summed E-state index contributed by atoms with van der Waals surface area (Å²) >= 11 is 0. The molecule has 18 heavy (non-hydrogen) atoms. The zero-order valence-electron chi connectivity index (χ0n) is 9.68. The van der Waals surface area contributed by atoms with Crippen molar-refractivity contribution in [2.45, 2.75) is 44.3 Å². The van der Waals surface area contributed by atoms with Crippen LogP contribution in [0, 0.1) is 5.41 Å². The van der Waals surface area contributed by atoms with E-state index in [-0.39, 0.29) is 18.0 Å². The minimum atomic E-state index is -4.49. The van der Waals surface area contributed by atoms with Crippen molar-refractivity contribution in [2.75, 3.05) is 0 Å². The van der Waals surface area contributed by atoms with Crippen molar-refractivity contribution in [3.63, 3.8) is 0 Å². The van der Waals surface area contributed by atoms with E-state index in [1.165, 1.54) is 0 Å². The van der Waals surface area contributed by atoms with Gasteiger partial charge in [0.15, 0.2) is 5.69 Å². The van der Waals surface area contributed by atoms with Crippen LogP contribution in [0.2, 0.25) is 0 Å². The molecule has 1 aromatic rings. The molecule has 2 N–H and O–H groups in total. The Hall–Kier alpha value is -1.53. The minimum absolute atomic E-state index is 0.0506. The SMILES string of the molecule is N=C1CCCCC(Cc2conc2C(F)(F)F)N1. The molecule has 4 nitrogen and oxygen atoms in total. The lowest BCUT2D eigenvalue weighted by Gasteiger charge is -2.16. The first-order valence-electron chi connectivity index (χ1n) is 5.81. The minimum Gasteiger partial charge on any atom is -0.371 e. The summed E-state index contributed by atoms with van der Waals surface area (Å²) in [5, 5.41) is 13.5. The predicted octanol–water partition coefficient (Wildman–Crippen LogP) is 2.75. The lowest BCUT2D eigenvalue weighted by atomic mass is 10.0. The van der Waals surface area contributed by atoms with Gasteiger partial charge in [0.2, 0.25) is 0 Å². The highest BCUT2D eigenvalue weighted by molar-refractivity contribution is 5.79. The van der Waals surface area contributed by atoms with Gasteiger partial charge < -0.3 is 9.84 Å². The molecule has 0 saturated carbocycles. The lowest BCUT2D eigenvalue weighted by molar-refractivity contribution is -0.143. The normalized spacial score (nSPS) is 21.5. The largest absolute Gasteiger partial charge is 0.437 e. The Balaban J connectivity index is 2.09. The first-order chi connectivity index (χ1) is 8.47. The molecule has 0 radical (unpaired) electrons. The molecule has 1 unspecified atom stereocenters. The van der Waals surface area contributed by atoms with Gasteiger partial charge >= 0.3 is 6.18 Å². The molecule has 0 aromatic carbocycles. The third kappa shape index (κ3) is 3.02. The average molecular weight is 261 g/mol. The molecule has 1 fully saturated rings. The van der Waals surface area contributed by atoms with E-state index in [1.807, 2.05) is 0 Å². The number of halogens is 3. The number of rotatable bonds is 2. The Bertz CT molecular complexity index is 427. The van der Waals surface area contributed by atoms with E-state index in [9.17, 15) is 13.2 Å². The standard InChI is InChI=1S/C11H14F3N3O/c12-11(13,14)10-7(6-18-17-10)5-8-3-1-2-4-9(15)16-8/h6,8H,1-5H2,(H2,15,16). The number of hydrogen-bond donors (Lipinski definition) is 2. The molecule has 1 aliphatic rings. The van der Waals surface area contributed by atoms with E-state index < -0.39 is 11.9 Å². The molecule has 1 atom stereocenters. The quantitative estimate of drug-likeness (QED) is 0.860. The van der Waals surface area contributed by atoms with Gasteiger partial charge in [-0.05, 0) is 19.3 Å². The highest BCUT2D eigenvalue weighted by atomic mass is 19.4. The van der Waals surface area contributed by atoms with Gasteiger partial charge in [-0.3, -0.25) is 5.41 Å². The van der Waals surface area contributed by atoms with Crippen molar-refractivity contribution in [1.29, 1.82) is 5.41 Å². The Morgan fingerprint density at radius 3 is 2.94 bits per heavy atom. The van der Waals surface area contributed by atoms with Crippen LogP contribution in [0.1, 0.15) is 36.9 Å². The third-order valence-corrected chi connectivity index (χ3v) is 2.99. The van der Waals surface area contributed by atoms with E-state index in [1.54, 1.807) is 0 Å². The van der Waals surface area contributed by atoms with Crippen LogP contribution >= 0.6 is 0 Å². The topological polar surface area (TPSA) is 61.9 Å². The van der Waals surface area contributed by atoms with E-state index >= 15 is 0 Å². The Morgan fingerprint density at radius 2 is 2.22 bits per heavy atom. The van der Waals surface area contributed by atoms with Gasteiger partial charge in [-0.1, -0.05) is 11.6 Å². The molecule has 0 amide bonds. The average Bonchev–Trinajstić information content (AvgIpc) is 2.62. The molecule has 2 rings (SSSR count). The van der Waals surface area contributed by atoms with Crippen LogP contribution in [0.4, 0.5) is 13.2 Å². The first-order valence-corrected chi connectivity index (χ1v) is 5.81. The second-order valence-corrected chi connectivity index (χ2v) is 4.46. The monoisotopic (exact) mass is 261 g/mol. The smallest absolute Gasteiger partial charge is 0.371 e. The molecule has 100 valence electrons. The molecule has 1 aliphatic heterocycles. The fourth-order valence-electron chi connectivity index (χ4n) is 2.14. The van der Waals surface area contributed by atoms with Crippen LogP contribution in [-0.4, -0.2) is 17.0 Å². The lowest BCUT2D eigenvalue weighted by Crippen LogP contribution is -2.34. The van der Waals surface area contributed by atoms with Crippen molar-refractivity contribution >= 4 is 5.84 Å². The maximum atomic E-state index is 12.6. The molecule has 2 heterocycles. The van der Waals surface area contributed by atoms with Crippen molar-refractivity contribution < 1.29 is 17.7 Å². The van der Waals surface area contributed by atoms with Gasteiger partial charge in [0.1, 0.15) is 6.26 Å². The number of hydrogen-bond acceptors (Lipinski definition) is 3. The van der Waals surface area contributed by atoms with E-state index in [0.29, 0.717) is 12.3 Å². The maximum absolute atomic E-state index is 12.6. The molecule has 0 bridgehead atoms. The van der Waals surface area contributed by atoms with Gasteiger partial charge in [0, 0.05) is 18.0 Å². The zero-order valence-corrected chi connectivity index (χ0v) is 9.68. The van der Waals surface area contributed by atoms with E-state index in [0.717, 1.165) is 25.5 Å². The van der Waals surface area contributed by atoms with Crippen LogP contribution < -0.4 is 5.32 Å². The summed E-state index contributed by atoms with van der Waals surface area (Å²) in [7, 11) is 0. The van der Waals surface area contributed by atoms with Gasteiger partial charge in [0.05, 0.1) is 5.84 Å². The van der Waals surface area contributed by atoms with Crippen molar-refractivity contribution in [2.24, 2.45) is 0 Å². The van der Waals surface area contributed by atoms with Crippen LogP contribution in [0.25, 0.3) is 0 Å². The zero-order chi connectivity index (χ0) is 13.2. The van der Waals surface area contributed by atoms with Gasteiger partial charge in [-0.2, -0.15) is 13.2 Å². The summed E-state index contributed by atoms with van der Waals surface area (Å²) in [6.45, 7) is 0. The Kier molecular flexibility index (Phi) is 3.58. The number of nitrogens with zero attached hydrogens (tertiary/aromatic N) is 1. The molecule has 0 spiro atoms. The summed E-state index contributed by atoms with van der Waals surface area (Å²) in [5.41, 5.74) is -0.908. The number of aromatic nitrogens is 1. The van der Waals surface area contributed by atoms with Crippen molar-refractivity contribution in [3.8, 4) is 0 Å². The van der Waals surface area contributed by atoms with Gasteiger partial charge in [-0.15, -0.1) is 0 Å². The third-order valence-electron chi connectivity index (χ3n) is 2.99. The fraction of sp³-hybridized carbons (Fsp3) is 0.636. The van der Waals surface area contributed by atoms with Crippen LogP contribution in [-0.2, 0) is 12.6 Å². The maximum Gasteiger partial charge on any atom is 0.437 e. The van der Waals surface area contributed by atoms with Gasteiger partial charge in [-0.25, -0.2) is 0 Å². The molecular weight excluding hydrogens is 247 g/mol. The summed E-state index contributed by atoms with van der Waals surface area (Å²) < 4.78 is 42.2. The molecule has 7 heteroatoms. The number of amidine groups is 1. The Labute approximate surface area is 102 Å². The molecular formula is C11H14F3N3O. The van der Waals surface area contributed by atoms with Crippen LogP contribution in [0.15, 0.2) is 10.8 Å². The predicted molar refractivity (Wildman–Crippen MR) is 58.3 cm³/mol. The number of alkyl halides is 3. The second-order valence-electron chi connectivity index (χ2n) is 4.46. The van der Waals surface area contributed by atoms with Crippen molar-refractivity contribution in [1.82, 2.24) is 10.5 Å². The Morgan fingerprint density at radius 1 is 1.44 bits per heavy atom. The molecule has 1 aromatic heterocycles. The van der Waals surface area contributed by atoms with Crippen molar-refractivity contribution in [3.05, 3.63) is 17.5 Å². The summed E-state index contributed by atoms with van der Waals surface area (Å²) in [6, 6.07) is -0.152. The summed E-state index contributed by atoms with van der Waals surface area (Å²) in [6.07, 6.45) is -0.0395.